The number of hydrogen-bond donors (Lipinski definition) is 2. The van der Waals surface area contributed by atoms with Crippen molar-refractivity contribution in [2.45, 2.75) is 20.8 Å². The Morgan fingerprint density at radius 2 is 1.95 bits per heavy atom. The fourth-order valence-corrected chi connectivity index (χ4v) is 1.88. The van der Waals surface area contributed by atoms with E-state index in [-0.39, 0.29) is 5.56 Å². The van der Waals surface area contributed by atoms with Gasteiger partial charge in [0.15, 0.2) is 0 Å². The summed E-state index contributed by atoms with van der Waals surface area (Å²) in [5.74, 6) is -0.650. The van der Waals surface area contributed by atoms with Gasteiger partial charge < -0.3 is 10.4 Å². The smallest absolute Gasteiger partial charge is 0.339 e. The average molecular weight is 257 g/mol. The van der Waals surface area contributed by atoms with E-state index in [1.54, 1.807) is 19.2 Å². The Morgan fingerprint density at radius 3 is 2.53 bits per heavy atom. The van der Waals surface area contributed by atoms with E-state index >= 15 is 0 Å². The Hall–Kier alpha value is -2.43. The lowest BCUT2D eigenvalue weighted by Gasteiger charge is -2.11. The van der Waals surface area contributed by atoms with Crippen LogP contribution in [0, 0.1) is 20.8 Å². The standard InChI is InChI=1S/C14H15N3O2/c1-8-6-10(3)16-13(12(8)14(18)19)17-11-5-4-9(2)15-7-11/h4-7H,1-3H3,(H,16,17)(H,18,19). The second-order valence-corrected chi connectivity index (χ2v) is 4.42. The molecule has 0 atom stereocenters. The average Bonchev–Trinajstić information content (AvgIpc) is 2.30. The molecule has 0 unspecified atom stereocenters. The number of rotatable bonds is 3. The van der Waals surface area contributed by atoms with Crippen molar-refractivity contribution in [3.05, 3.63) is 46.9 Å². The lowest BCUT2D eigenvalue weighted by Crippen LogP contribution is -2.08. The molecule has 5 nitrogen and oxygen atoms in total. The van der Waals surface area contributed by atoms with E-state index < -0.39 is 5.97 Å². The van der Waals surface area contributed by atoms with Crippen molar-refractivity contribution in [1.82, 2.24) is 9.97 Å². The summed E-state index contributed by atoms with van der Waals surface area (Å²) in [6.07, 6.45) is 1.65. The molecule has 0 aromatic carbocycles. The normalized spacial score (nSPS) is 10.3. The minimum Gasteiger partial charge on any atom is -0.478 e. The molecule has 0 amide bonds. The van der Waals surface area contributed by atoms with E-state index in [2.05, 4.69) is 15.3 Å². The van der Waals surface area contributed by atoms with Gasteiger partial charge in [-0.25, -0.2) is 9.78 Å². The highest BCUT2D eigenvalue weighted by molar-refractivity contribution is 5.95. The molecule has 98 valence electrons. The molecule has 0 saturated heterocycles. The molecule has 19 heavy (non-hydrogen) atoms. The number of aromatic carboxylic acids is 1. The number of carboxylic acid groups (broad SMARTS) is 1. The van der Waals surface area contributed by atoms with Crippen molar-refractivity contribution in [2.24, 2.45) is 0 Å². The second-order valence-electron chi connectivity index (χ2n) is 4.42. The van der Waals surface area contributed by atoms with Crippen LogP contribution in [0.25, 0.3) is 0 Å². The number of anilines is 2. The second kappa shape index (κ2) is 5.06. The molecular weight excluding hydrogens is 242 g/mol. The van der Waals surface area contributed by atoms with Crippen LogP contribution in [-0.4, -0.2) is 21.0 Å². The van der Waals surface area contributed by atoms with E-state index in [4.69, 9.17) is 0 Å². The number of carboxylic acids is 1. The van der Waals surface area contributed by atoms with Crippen molar-refractivity contribution >= 4 is 17.5 Å². The van der Waals surface area contributed by atoms with Gasteiger partial charge in [-0.05, 0) is 44.5 Å². The summed E-state index contributed by atoms with van der Waals surface area (Å²) in [5, 5.41) is 12.3. The van der Waals surface area contributed by atoms with Crippen LogP contribution in [0.1, 0.15) is 27.3 Å². The third kappa shape index (κ3) is 2.88. The summed E-state index contributed by atoms with van der Waals surface area (Å²) in [5.41, 5.74) is 3.25. The van der Waals surface area contributed by atoms with Crippen LogP contribution >= 0.6 is 0 Å². The first-order valence-corrected chi connectivity index (χ1v) is 5.88. The van der Waals surface area contributed by atoms with E-state index in [9.17, 15) is 9.90 Å². The molecule has 0 bridgehead atoms. The summed E-state index contributed by atoms with van der Waals surface area (Å²) in [6, 6.07) is 5.45. The molecule has 2 rings (SSSR count). The maximum absolute atomic E-state index is 11.3. The molecule has 0 saturated carbocycles. The third-order valence-corrected chi connectivity index (χ3v) is 2.73. The van der Waals surface area contributed by atoms with Gasteiger partial charge in [-0.3, -0.25) is 4.98 Å². The van der Waals surface area contributed by atoms with Crippen LogP contribution in [0.3, 0.4) is 0 Å². The molecule has 2 heterocycles. The van der Waals surface area contributed by atoms with Gasteiger partial charge in [0.1, 0.15) is 11.4 Å². The Morgan fingerprint density at radius 1 is 1.21 bits per heavy atom. The maximum atomic E-state index is 11.3. The highest BCUT2D eigenvalue weighted by atomic mass is 16.4. The SMILES string of the molecule is Cc1ccc(Nc2nc(C)cc(C)c2C(=O)O)cn1. The van der Waals surface area contributed by atoms with Crippen LogP contribution in [0.5, 0.6) is 0 Å². The zero-order valence-electron chi connectivity index (χ0n) is 11.1. The fourth-order valence-electron chi connectivity index (χ4n) is 1.88. The molecule has 0 aliphatic rings. The van der Waals surface area contributed by atoms with Crippen LogP contribution in [0.4, 0.5) is 11.5 Å². The first kappa shape index (κ1) is 13.0. The zero-order chi connectivity index (χ0) is 14.0. The minimum absolute atomic E-state index is 0.186. The minimum atomic E-state index is -0.993. The number of aryl methyl sites for hydroxylation is 3. The van der Waals surface area contributed by atoms with Crippen LogP contribution < -0.4 is 5.32 Å². The maximum Gasteiger partial charge on any atom is 0.339 e. The quantitative estimate of drug-likeness (QED) is 0.884. The molecule has 0 spiro atoms. The van der Waals surface area contributed by atoms with Gasteiger partial charge in [-0.15, -0.1) is 0 Å². The number of nitrogens with zero attached hydrogens (tertiary/aromatic N) is 2. The molecule has 2 N–H and O–H groups in total. The summed E-state index contributed by atoms with van der Waals surface area (Å²) in [6.45, 7) is 5.48. The van der Waals surface area contributed by atoms with Gasteiger partial charge in [-0.1, -0.05) is 0 Å². The largest absolute Gasteiger partial charge is 0.478 e. The molecule has 0 aliphatic carbocycles. The number of aromatic nitrogens is 2. The monoisotopic (exact) mass is 257 g/mol. The Kier molecular flexibility index (Phi) is 3.46. The topological polar surface area (TPSA) is 75.1 Å². The lowest BCUT2D eigenvalue weighted by atomic mass is 10.1. The van der Waals surface area contributed by atoms with E-state index in [1.165, 1.54) is 0 Å². The summed E-state index contributed by atoms with van der Waals surface area (Å²) < 4.78 is 0. The lowest BCUT2D eigenvalue weighted by molar-refractivity contribution is 0.0697. The van der Waals surface area contributed by atoms with Gasteiger partial charge in [0.25, 0.3) is 0 Å². The van der Waals surface area contributed by atoms with Crippen LogP contribution in [0.2, 0.25) is 0 Å². The molecule has 0 radical (unpaired) electrons. The molecule has 2 aromatic rings. The molecular formula is C14H15N3O2. The van der Waals surface area contributed by atoms with Gasteiger partial charge >= 0.3 is 5.97 Å². The predicted molar refractivity (Wildman–Crippen MR) is 72.9 cm³/mol. The number of pyridine rings is 2. The van der Waals surface area contributed by atoms with E-state index in [1.807, 2.05) is 26.0 Å². The summed E-state index contributed by atoms with van der Waals surface area (Å²) >= 11 is 0. The zero-order valence-corrected chi connectivity index (χ0v) is 11.1. The highest BCUT2D eigenvalue weighted by Crippen LogP contribution is 2.22. The first-order chi connectivity index (χ1) is 8.97. The number of carbonyl (C=O) groups is 1. The van der Waals surface area contributed by atoms with Crippen molar-refractivity contribution in [3.63, 3.8) is 0 Å². The predicted octanol–water partition coefficient (Wildman–Crippen LogP) is 2.84. The van der Waals surface area contributed by atoms with Crippen molar-refractivity contribution in [2.75, 3.05) is 5.32 Å². The number of hydrogen-bond acceptors (Lipinski definition) is 4. The summed E-state index contributed by atoms with van der Waals surface area (Å²) in [7, 11) is 0. The molecule has 2 aromatic heterocycles. The van der Waals surface area contributed by atoms with Crippen molar-refractivity contribution in [1.29, 1.82) is 0 Å². The number of nitrogens with one attached hydrogen (secondary N) is 1. The Labute approximate surface area is 111 Å². The van der Waals surface area contributed by atoms with Gasteiger partial charge in [-0.2, -0.15) is 0 Å². The van der Waals surface area contributed by atoms with Gasteiger partial charge in [0, 0.05) is 11.4 Å². The van der Waals surface area contributed by atoms with E-state index in [0.717, 1.165) is 11.4 Å². The Bertz CT molecular complexity index is 621. The Balaban J connectivity index is 2.44. The van der Waals surface area contributed by atoms with Crippen LogP contribution in [0.15, 0.2) is 24.4 Å². The van der Waals surface area contributed by atoms with Crippen molar-refractivity contribution in [3.8, 4) is 0 Å². The molecule has 0 fully saturated rings. The van der Waals surface area contributed by atoms with Gasteiger partial charge in [0.2, 0.25) is 0 Å². The fraction of sp³-hybridized carbons (Fsp3) is 0.214. The van der Waals surface area contributed by atoms with E-state index in [0.29, 0.717) is 17.1 Å². The third-order valence-electron chi connectivity index (χ3n) is 2.73. The van der Waals surface area contributed by atoms with Crippen LogP contribution in [-0.2, 0) is 0 Å². The first-order valence-electron chi connectivity index (χ1n) is 5.88. The molecule has 0 aliphatic heterocycles. The molecule has 5 heteroatoms. The van der Waals surface area contributed by atoms with Crippen molar-refractivity contribution < 1.29 is 9.90 Å². The summed E-state index contributed by atoms with van der Waals surface area (Å²) in [4.78, 5) is 19.7. The highest BCUT2D eigenvalue weighted by Gasteiger charge is 2.15. The van der Waals surface area contributed by atoms with Gasteiger partial charge in [0.05, 0.1) is 11.9 Å².